The Labute approximate surface area is 68.0 Å². The first-order chi connectivity index (χ1) is 5.24. The summed E-state index contributed by atoms with van der Waals surface area (Å²) in [5.74, 6) is 2.23. The van der Waals surface area contributed by atoms with E-state index in [9.17, 15) is 0 Å². The van der Waals surface area contributed by atoms with Crippen LogP contribution < -0.4 is 4.74 Å². The van der Waals surface area contributed by atoms with Gasteiger partial charge in [-0.05, 0) is 0 Å². The number of ether oxygens (including phenoxy) is 1. The Hall–Kier alpha value is -1.11. The average molecular weight is 149 g/mol. The Morgan fingerprint density at radius 2 is 2.00 bits per heavy atom. The maximum absolute atomic E-state index is 5.09. The standard InChI is InChI=1S/C10H13O/c1-8(2)9-5-4-6-10(7-9)11-3/h4-7H,1-3H3/q+1. The van der Waals surface area contributed by atoms with Crippen LogP contribution in [0, 0.1) is 5.92 Å². The summed E-state index contributed by atoms with van der Waals surface area (Å²) in [4.78, 5) is 0. The van der Waals surface area contributed by atoms with Crippen molar-refractivity contribution in [3.05, 3.63) is 35.7 Å². The maximum atomic E-state index is 5.09. The van der Waals surface area contributed by atoms with Crippen LogP contribution >= 0.6 is 0 Å². The summed E-state index contributed by atoms with van der Waals surface area (Å²) < 4.78 is 5.09. The van der Waals surface area contributed by atoms with Gasteiger partial charge in [0.1, 0.15) is 5.56 Å². The molecular weight excluding hydrogens is 136 g/mol. The third kappa shape index (κ3) is 1.90. The second-order valence-electron chi connectivity index (χ2n) is 2.73. The SMILES string of the molecule is COc1cccc([C+](C)C)c1. The van der Waals surface area contributed by atoms with Crippen LogP contribution in [0.15, 0.2) is 24.3 Å². The van der Waals surface area contributed by atoms with Gasteiger partial charge in [-0.1, -0.05) is 0 Å². The molecule has 0 saturated carbocycles. The van der Waals surface area contributed by atoms with Gasteiger partial charge in [-0.15, -0.1) is 0 Å². The van der Waals surface area contributed by atoms with Crippen molar-refractivity contribution >= 4 is 0 Å². The summed E-state index contributed by atoms with van der Waals surface area (Å²) in [5, 5.41) is 0. The molecule has 0 aliphatic carbocycles. The van der Waals surface area contributed by atoms with Crippen LogP contribution in [0.25, 0.3) is 0 Å². The molecule has 58 valence electrons. The molecule has 1 aromatic carbocycles. The molecule has 0 fully saturated rings. The minimum absolute atomic E-state index is 0.920. The van der Waals surface area contributed by atoms with Crippen molar-refractivity contribution in [3.63, 3.8) is 0 Å². The summed E-state index contributed by atoms with van der Waals surface area (Å²) in [7, 11) is 1.68. The van der Waals surface area contributed by atoms with Gasteiger partial charge in [0, 0.05) is 38.0 Å². The number of rotatable bonds is 2. The molecule has 1 rings (SSSR count). The average Bonchev–Trinajstić information content (AvgIpc) is 2.05. The van der Waals surface area contributed by atoms with E-state index in [0.29, 0.717) is 0 Å². The number of hydrogen-bond acceptors (Lipinski definition) is 1. The molecular formula is C10H13O+. The fraction of sp³-hybridized carbons (Fsp3) is 0.300. The van der Waals surface area contributed by atoms with Crippen molar-refractivity contribution in [2.45, 2.75) is 13.8 Å². The Morgan fingerprint density at radius 1 is 1.27 bits per heavy atom. The first-order valence-electron chi connectivity index (χ1n) is 3.68. The van der Waals surface area contributed by atoms with Gasteiger partial charge in [-0.3, -0.25) is 0 Å². The molecule has 0 amide bonds. The van der Waals surface area contributed by atoms with Crippen LogP contribution in [0.1, 0.15) is 19.4 Å². The Balaban J connectivity index is 2.91. The van der Waals surface area contributed by atoms with Crippen molar-refractivity contribution < 1.29 is 4.74 Å². The van der Waals surface area contributed by atoms with E-state index in [1.165, 1.54) is 11.5 Å². The molecule has 0 saturated heterocycles. The maximum Gasteiger partial charge on any atom is 0.177 e. The monoisotopic (exact) mass is 149 g/mol. The van der Waals surface area contributed by atoms with Crippen molar-refractivity contribution in [2.24, 2.45) is 0 Å². The van der Waals surface area contributed by atoms with Gasteiger partial charge in [-0.25, -0.2) is 0 Å². The molecule has 0 bridgehead atoms. The molecule has 1 nitrogen and oxygen atoms in total. The lowest BCUT2D eigenvalue weighted by Crippen LogP contribution is -1.89. The summed E-state index contributed by atoms with van der Waals surface area (Å²) in [6, 6.07) is 8.07. The zero-order chi connectivity index (χ0) is 8.27. The van der Waals surface area contributed by atoms with Crippen LogP contribution in [0.4, 0.5) is 0 Å². The number of benzene rings is 1. The third-order valence-corrected chi connectivity index (χ3v) is 1.65. The molecule has 0 N–H and O–H groups in total. The largest absolute Gasteiger partial charge is 0.485 e. The van der Waals surface area contributed by atoms with Crippen LogP contribution in [0.2, 0.25) is 0 Å². The fourth-order valence-electron chi connectivity index (χ4n) is 0.934. The van der Waals surface area contributed by atoms with Crippen molar-refractivity contribution in [1.82, 2.24) is 0 Å². The molecule has 0 heterocycles. The molecule has 1 heteroatoms. The molecule has 0 aliphatic rings. The van der Waals surface area contributed by atoms with E-state index in [4.69, 9.17) is 4.74 Å². The Bertz CT molecular complexity index is 228. The number of methoxy groups -OCH3 is 1. The van der Waals surface area contributed by atoms with E-state index < -0.39 is 0 Å². The van der Waals surface area contributed by atoms with Gasteiger partial charge in [-0.2, -0.15) is 0 Å². The van der Waals surface area contributed by atoms with E-state index in [2.05, 4.69) is 19.9 Å². The smallest absolute Gasteiger partial charge is 0.177 e. The van der Waals surface area contributed by atoms with Gasteiger partial charge in [0.15, 0.2) is 5.75 Å². The topological polar surface area (TPSA) is 9.23 Å². The van der Waals surface area contributed by atoms with Gasteiger partial charge < -0.3 is 4.74 Å². The highest BCUT2D eigenvalue weighted by Gasteiger charge is 2.07. The first-order valence-corrected chi connectivity index (χ1v) is 3.68. The normalized spacial score (nSPS) is 9.36. The zero-order valence-corrected chi connectivity index (χ0v) is 7.22. The molecule has 0 spiro atoms. The van der Waals surface area contributed by atoms with E-state index in [0.717, 1.165) is 5.75 Å². The van der Waals surface area contributed by atoms with Gasteiger partial charge >= 0.3 is 0 Å². The molecule has 0 aromatic heterocycles. The van der Waals surface area contributed by atoms with E-state index in [1.54, 1.807) is 7.11 Å². The summed E-state index contributed by atoms with van der Waals surface area (Å²) >= 11 is 0. The lowest BCUT2D eigenvalue weighted by atomic mass is 10.0. The van der Waals surface area contributed by atoms with Crippen molar-refractivity contribution in [2.75, 3.05) is 7.11 Å². The van der Waals surface area contributed by atoms with Crippen LogP contribution in [-0.2, 0) is 0 Å². The first kappa shape index (κ1) is 7.99. The second kappa shape index (κ2) is 3.33. The highest BCUT2D eigenvalue weighted by atomic mass is 16.5. The number of hydrogen-bond donors (Lipinski definition) is 0. The zero-order valence-electron chi connectivity index (χ0n) is 7.22. The van der Waals surface area contributed by atoms with Gasteiger partial charge in [0.05, 0.1) is 13.2 Å². The Kier molecular flexibility index (Phi) is 2.42. The molecule has 0 aliphatic heterocycles. The Morgan fingerprint density at radius 3 is 2.55 bits per heavy atom. The van der Waals surface area contributed by atoms with Crippen molar-refractivity contribution in [3.8, 4) is 5.75 Å². The third-order valence-electron chi connectivity index (χ3n) is 1.65. The van der Waals surface area contributed by atoms with Crippen molar-refractivity contribution in [1.29, 1.82) is 0 Å². The lowest BCUT2D eigenvalue weighted by molar-refractivity contribution is 0.414. The lowest BCUT2D eigenvalue weighted by Gasteiger charge is -1.98. The molecule has 1 aromatic rings. The summed E-state index contributed by atoms with van der Waals surface area (Å²) in [6.45, 7) is 4.18. The molecule has 11 heavy (non-hydrogen) atoms. The van der Waals surface area contributed by atoms with E-state index in [-0.39, 0.29) is 0 Å². The molecule has 0 radical (unpaired) electrons. The molecule has 0 atom stereocenters. The minimum Gasteiger partial charge on any atom is -0.485 e. The second-order valence-corrected chi connectivity index (χ2v) is 2.73. The van der Waals surface area contributed by atoms with Crippen LogP contribution in [0.5, 0.6) is 5.75 Å². The quantitative estimate of drug-likeness (QED) is 0.587. The predicted molar refractivity (Wildman–Crippen MR) is 46.7 cm³/mol. The van der Waals surface area contributed by atoms with Gasteiger partial charge in [0.2, 0.25) is 0 Å². The summed E-state index contributed by atoms with van der Waals surface area (Å²) in [6.07, 6.45) is 0. The highest BCUT2D eigenvalue weighted by molar-refractivity contribution is 5.35. The van der Waals surface area contributed by atoms with E-state index in [1.807, 2.05) is 18.2 Å². The fourth-order valence-corrected chi connectivity index (χ4v) is 0.934. The highest BCUT2D eigenvalue weighted by Crippen LogP contribution is 2.18. The summed E-state index contributed by atoms with van der Waals surface area (Å²) in [5.41, 5.74) is 1.24. The molecule has 0 unspecified atom stereocenters. The minimum atomic E-state index is 0.920. The van der Waals surface area contributed by atoms with Crippen LogP contribution in [0.3, 0.4) is 0 Å². The van der Waals surface area contributed by atoms with Crippen LogP contribution in [-0.4, -0.2) is 7.11 Å². The van der Waals surface area contributed by atoms with Gasteiger partial charge in [0.25, 0.3) is 0 Å². The predicted octanol–water partition coefficient (Wildman–Crippen LogP) is 2.66. The van der Waals surface area contributed by atoms with E-state index >= 15 is 0 Å².